The Hall–Kier alpha value is -10.2. The van der Waals surface area contributed by atoms with Crippen molar-refractivity contribution in [1.29, 1.82) is 0 Å². The van der Waals surface area contributed by atoms with E-state index in [0.29, 0.717) is 128 Å². The first-order valence-corrected chi connectivity index (χ1v) is 36.4. The standard InChI is InChI=1S/C26H29NO7S.C24H23NO5S.C17H19NO6S.C9H9O.Li/c1-5-14-33-20-9-6-8-18(15-20)26(28)22-16-19(27-35(4,29)30)12-13-21(22)25-23(32-3)10-7-11-24(25)34-17-31-2;1-4-13-29-18-8-5-7-16(14-18)24-20-15-17(25-31(3,26)27)11-12-19(20)23-21(28-2)9-6-10-22(23)30-24;1-22-11-24-16-6-4-5-15(23-2)17(16)14-8-7-13(9-12(14)10-19)18-25(3,20)21;1-2-8-10-9-6-4-3-5-7-9;/h5-13,15-16,26-28H,1,14,17H2,2-4H3;4-12,14-15,24-25H,1,13H2,2-3H3;4-10,18H,11H2,1-3H3;2-4,6-7H,1,8H2;/q;;;-1;+1. The number of hydrogen-bond acceptors (Lipinski definition) is 19. The van der Waals surface area contributed by atoms with Gasteiger partial charge in [-0.25, -0.2) is 25.3 Å². The Kier molecular flexibility index (Phi) is 31.0. The van der Waals surface area contributed by atoms with Gasteiger partial charge in [0.25, 0.3) is 0 Å². The van der Waals surface area contributed by atoms with E-state index >= 15 is 0 Å². The van der Waals surface area contributed by atoms with Gasteiger partial charge in [-0.05, 0) is 125 Å². The van der Waals surface area contributed by atoms with Crippen LogP contribution in [0.1, 0.15) is 44.8 Å². The normalized spacial score (nSPS) is 12.1. The number of carbonyl (C=O) groups excluding carboxylic acids is 1. The van der Waals surface area contributed by atoms with Gasteiger partial charge in [0.15, 0.2) is 19.9 Å². The van der Waals surface area contributed by atoms with Crippen LogP contribution in [0.2, 0.25) is 0 Å². The van der Waals surface area contributed by atoms with E-state index in [0.717, 1.165) is 46.8 Å². The fourth-order valence-corrected chi connectivity index (χ4v) is 11.9. The minimum Gasteiger partial charge on any atom is -0.547 e. The van der Waals surface area contributed by atoms with Crippen molar-refractivity contribution < 1.29 is 106 Å². The van der Waals surface area contributed by atoms with Gasteiger partial charge in [-0.1, -0.05) is 98.6 Å². The number of aliphatic hydroxyl groups excluding tert-OH is 1. The average Bonchev–Trinajstić information content (AvgIpc) is 0.757. The molecule has 1 aliphatic heterocycles. The quantitative estimate of drug-likeness (QED) is 0.0107. The first-order chi connectivity index (χ1) is 48.5. The van der Waals surface area contributed by atoms with Gasteiger partial charge >= 0.3 is 18.9 Å². The summed E-state index contributed by atoms with van der Waals surface area (Å²) in [7, 11) is -2.72. The van der Waals surface area contributed by atoms with Gasteiger partial charge < -0.3 is 57.2 Å². The molecule has 102 heavy (non-hydrogen) atoms. The molecule has 26 heteroatoms. The second kappa shape index (κ2) is 39.1. The second-order valence-electron chi connectivity index (χ2n) is 21.8. The zero-order valence-corrected chi connectivity index (χ0v) is 60.4. The van der Waals surface area contributed by atoms with Crippen LogP contribution in [-0.4, -0.2) is 124 Å². The maximum atomic E-state index is 11.9. The Balaban J connectivity index is 0.000000226. The molecule has 0 saturated carbocycles. The van der Waals surface area contributed by atoms with Crippen LogP contribution in [0, 0.1) is 6.07 Å². The molecule has 2 atom stereocenters. The number of ether oxygens (including phenoxy) is 11. The van der Waals surface area contributed by atoms with Crippen LogP contribution in [0.15, 0.2) is 220 Å². The zero-order chi connectivity index (χ0) is 73.1. The van der Waals surface area contributed by atoms with E-state index in [4.69, 9.17) is 52.1 Å². The first-order valence-electron chi connectivity index (χ1n) is 30.8. The van der Waals surface area contributed by atoms with Crippen molar-refractivity contribution in [2.45, 2.75) is 12.2 Å². The van der Waals surface area contributed by atoms with Crippen LogP contribution in [0.4, 0.5) is 17.1 Å². The smallest absolute Gasteiger partial charge is 0.547 e. The predicted octanol–water partition coefficient (Wildman–Crippen LogP) is 10.7. The molecule has 0 aliphatic carbocycles. The summed E-state index contributed by atoms with van der Waals surface area (Å²) in [6.07, 6.45) is 7.33. The summed E-state index contributed by atoms with van der Waals surface area (Å²) >= 11 is 0. The molecule has 0 radical (unpaired) electrons. The number of fused-ring (bicyclic) bond motifs is 3. The summed E-state index contributed by atoms with van der Waals surface area (Å²) in [5, 5.41) is 11.5. The summed E-state index contributed by atoms with van der Waals surface area (Å²) < 4.78 is 138. The third-order valence-electron chi connectivity index (χ3n) is 14.2. The topological polar surface area (TPSA) is 277 Å². The number of aliphatic hydroxyl groups is 1. The summed E-state index contributed by atoms with van der Waals surface area (Å²) in [5.74, 6) is 5.46. The van der Waals surface area contributed by atoms with E-state index in [1.54, 1.807) is 135 Å². The number of aldehydes is 1. The maximum absolute atomic E-state index is 11.9. The van der Waals surface area contributed by atoms with Crippen molar-refractivity contribution in [2.24, 2.45) is 0 Å². The molecule has 0 bridgehead atoms. The van der Waals surface area contributed by atoms with E-state index in [-0.39, 0.29) is 32.4 Å². The third-order valence-corrected chi connectivity index (χ3v) is 16.0. The molecule has 0 spiro atoms. The molecule has 0 saturated heterocycles. The number of benzene rings is 9. The Morgan fingerprint density at radius 1 is 0.500 bits per heavy atom. The fourth-order valence-electron chi connectivity index (χ4n) is 10.3. The average molecular weight is 1440 g/mol. The summed E-state index contributed by atoms with van der Waals surface area (Å²) in [6, 6.07) is 56.2. The number of sulfonamides is 3. The van der Waals surface area contributed by atoms with Gasteiger partial charge in [-0.3, -0.25) is 19.0 Å². The van der Waals surface area contributed by atoms with Crippen molar-refractivity contribution in [3.63, 3.8) is 0 Å². The molecule has 2 unspecified atom stereocenters. The van der Waals surface area contributed by atoms with Crippen LogP contribution in [-0.2, 0) is 39.5 Å². The van der Waals surface area contributed by atoms with Crippen molar-refractivity contribution in [3.05, 3.63) is 254 Å². The zero-order valence-electron chi connectivity index (χ0n) is 58.0. The van der Waals surface area contributed by atoms with Crippen LogP contribution < -0.4 is 75.7 Å². The molecule has 9 aromatic rings. The maximum Gasteiger partial charge on any atom is 1.00 e. The molecule has 4 N–H and O–H groups in total. The van der Waals surface area contributed by atoms with Crippen molar-refractivity contribution in [2.75, 3.05) is 102 Å². The van der Waals surface area contributed by atoms with Crippen LogP contribution in [0.25, 0.3) is 33.4 Å². The molecule has 9 aromatic carbocycles. The molecule has 1 aliphatic rings. The van der Waals surface area contributed by atoms with Gasteiger partial charge in [0.2, 0.25) is 30.1 Å². The van der Waals surface area contributed by atoms with E-state index in [9.17, 15) is 35.2 Å². The van der Waals surface area contributed by atoms with E-state index in [2.05, 4.69) is 40.0 Å². The van der Waals surface area contributed by atoms with E-state index < -0.39 is 42.3 Å². The molecule has 1 heterocycles. The number of methoxy groups -OCH3 is 5. The van der Waals surface area contributed by atoms with Crippen LogP contribution in [0.3, 0.4) is 0 Å². The summed E-state index contributed by atoms with van der Waals surface area (Å²) in [5.41, 5.74) is 8.12. The van der Waals surface area contributed by atoms with E-state index in [1.165, 1.54) is 34.5 Å². The number of nitrogens with one attached hydrogen (secondary N) is 3. The van der Waals surface area contributed by atoms with Gasteiger partial charge in [-0.2, -0.15) is 18.2 Å². The SMILES string of the molecule is C=CCOc1c[c-]ccc1.C=CCOc1cccc(C(O)c2cc(NS(C)(=O)=O)ccc2-c2c(OC)cccc2OCOC)c1.C=CCOc1cccc(C2Oc3cccc(OC)c3-c3ccc(NS(C)(=O)=O)cc32)c1.COCOc1cccc(OC)c1-c1ccc(NS(C)(=O)=O)cc1C=O.[Li+]. The Morgan fingerprint density at radius 2 is 0.951 bits per heavy atom. The second-order valence-corrected chi connectivity index (χ2v) is 27.1. The van der Waals surface area contributed by atoms with Gasteiger partial charge in [-0.15, -0.1) is 12.1 Å². The molecule has 0 aromatic heterocycles. The number of rotatable bonds is 30. The fraction of sp³-hybridized carbons (Fsp3) is 0.197. The van der Waals surface area contributed by atoms with E-state index in [1.807, 2.05) is 66.7 Å². The third kappa shape index (κ3) is 23.4. The van der Waals surface area contributed by atoms with Gasteiger partial charge in [0.1, 0.15) is 71.4 Å². The summed E-state index contributed by atoms with van der Waals surface area (Å²) in [4.78, 5) is 11.6. The predicted molar refractivity (Wildman–Crippen MR) is 393 cm³/mol. The molecular formula is C76H80LiN3O19S3. The Bertz CT molecular complexity index is 4660. The largest absolute Gasteiger partial charge is 1.00 e. The van der Waals surface area contributed by atoms with Gasteiger partial charge in [0.05, 0.1) is 63.4 Å². The van der Waals surface area contributed by atoms with Crippen molar-refractivity contribution in [1.82, 2.24) is 0 Å². The first kappa shape index (κ1) is 80.8. The minimum atomic E-state index is -3.54. The molecular weight excluding hydrogens is 1360 g/mol. The molecule has 10 rings (SSSR count). The molecule has 0 amide bonds. The van der Waals surface area contributed by atoms with Gasteiger partial charge in [0, 0.05) is 53.7 Å². The van der Waals surface area contributed by atoms with Crippen LogP contribution >= 0.6 is 0 Å². The molecule has 22 nitrogen and oxygen atoms in total. The van der Waals surface area contributed by atoms with Crippen molar-refractivity contribution in [3.8, 4) is 85.1 Å². The Labute approximate surface area is 608 Å². The van der Waals surface area contributed by atoms with Crippen molar-refractivity contribution >= 4 is 53.4 Å². The number of hydrogen-bond donors (Lipinski definition) is 4. The monoisotopic (exact) mass is 1440 g/mol. The number of carbonyl (C=O) groups is 1. The Morgan fingerprint density at radius 3 is 1.46 bits per heavy atom. The summed E-state index contributed by atoms with van der Waals surface area (Å²) in [6.45, 7) is 12.2. The minimum absolute atomic E-state index is 0. The number of anilines is 3. The molecule has 0 fully saturated rings. The molecule has 532 valence electrons. The van der Waals surface area contributed by atoms with Crippen LogP contribution in [0.5, 0.6) is 51.7 Å².